The van der Waals surface area contributed by atoms with Crippen molar-refractivity contribution in [3.8, 4) is 0 Å². The Kier molecular flexibility index (Phi) is 5.33. The van der Waals surface area contributed by atoms with Crippen molar-refractivity contribution in [1.29, 1.82) is 0 Å². The molecule has 8 heavy (non-hydrogen) atoms. The molecule has 0 unspecified atom stereocenters. The van der Waals surface area contributed by atoms with Gasteiger partial charge in [-0.15, -0.1) is 0 Å². The summed E-state index contributed by atoms with van der Waals surface area (Å²) in [5.41, 5.74) is 0. The van der Waals surface area contributed by atoms with Gasteiger partial charge in [0.15, 0.2) is 0 Å². The first-order chi connectivity index (χ1) is 3.81. The fraction of sp³-hybridized carbons (Fsp3) is 1.00. The molecule has 0 aromatic carbocycles. The minimum Gasteiger partial charge on any atom is -0.480 e. The van der Waals surface area contributed by atoms with Crippen LogP contribution in [0, 0.1) is 0 Å². The van der Waals surface area contributed by atoms with Crippen molar-refractivity contribution >= 4 is 22.1 Å². The molecule has 0 saturated carbocycles. The van der Waals surface area contributed by atoms with Crippen molar-refractivity contribution < 1.29 is 9.14 Å². The smallest absolute Gasteiger partial charge is 0.422 e. The third kappa shape index (κ3) is 4.28. The molecule has 0 amide bonds. The maximum atomic E-state index is 4.90. The summed E-state index contributed by atoms with van der Waals surface area (Å²) in [4.78, 5) is 0. The molecule has 0 heterocycles. The van der Waals surface area contributed by atoms with Crippen LogP contribution in [0.15, 0.2) is 0 Å². The van der Waals surface area contributed by atoms with Crippen molar-refractivity contribution in [2.75, 3.05) is 0 Å². The Hall–Kier alpha value is 0.115. The van der Waals surface area contributed by atoms with Crippen molar-refractivity contribution in [3.63, 3.8) is 0 Å². The molecule has 0 bridgehead atoms. The van der Waals surface area contributed by atoms with Gasteiger partial charge in [-0.2, -0.15) is 0 Å². The molecule has 42 valence electrons. The number of rotatable bonds is 4. The SMILES string of the molecule is C[B]OB(C)O[B]C. The highest BCUT2D eigenvalue weighted by molar-refractivity contribution is 6.56. The summed E-state index contributed by atoms with van der Waals surface area (Å²) >= 11 is 0. The molecule has 0 rings (SSSR count). The van der Waals surface area contributed by atoms with E-state index in [9.17, 15) is 0 Å². The van der Waals surface area contributed by atoms with Crippen LogP contribution in [0.4, 0.5) is 0 Å². The van der Waals surface area contributed by atoms with E-state index < -0.39 is 0 Å². The maximum absolute atomic E-state index is 4.90. The molecule has 2 nitrogen and oxygen atoms in total. The monoisotopic (exact) mass is 110 g/mol. The molecule has 0 aliphatic heterocycles. The van der Waals surface area contributed by atoms with Crippen LogP contribution >= 0.6 is 0 Å². The Balaban J connectivity index is 2.92. The Labute approximate surface area is 52.6 Å². The molecule has 0 atom stereocenters. The third-order valence-corrected chi connectivity index (χ3v) is 0.655. The summed E-state index contributed by atoms with van der Waals surface area (Å²) in [6, 6.07) is 0. The summed E-state index contributed by atoms with van der Waals surface area (Å²) in [6.45, 7) is 5.46. The van der Waals surface area contributed by atoms with Gasteiger partial charge in [0.05, 0.1) is 0 Å². The molecule has 0 saturated heterocycles. The van der Waals surface area contributed by atoms with E-state index in [1.807, 2.05) is 20.5 Å². The van der Waals surface area contributed by atoms with Gasteiger partial charge in [0, 0.05) is 0 Å². The zero-order valence-electron chi connectivity index (χ0n) is 5.55. The van der Waals surface area contributed by atoms with Gasteiger partial charge < -0.3 is 9.14 Å². The van der Waals surface area contributed by atoms with Gasteiger partial charge >= 0.3 is 7.12 Å². The zero-order valence-corrected chi connectivity index (χ0v) is 5.55. The molecule has 0 aliphatic rings. The normalized spacial score (nSPS) is 8.38. The summed E-state index contributed by atoms with van der Waals surface area (Å²) in [7, 11) is 3.06. The molecule has 0 fully saturated rings. The van der Waals surface area contributed by atoms with E-state index in [0.29, 0.717) is 0 Å². The molecule has 0 aromatic rings. The molecular formula is C3H9B3O2. The Morgan fingerprint density at radius 2 is 1.50 bits per heavy atom. The second-order valence-corrected chi connectivity index (χ2v) is 1.31. The fourth-order valence-electron chi connectivity index (χ4n) is 0.415. The first-order valence-electron chi connectivity index (χ1n) is 2.67. The summed E-state index contributed by atoms with van der Waals surface area (Å²) in [5, 5.41) is 0. The van der Waals surface area contributed by atoms with E-state index >= 15 is 0 Å². The van der Waals surface area contributed by atoms with E-state index in [2.05, 4.69) is 0 Å². The third-order valence-electron chi connectivity index (χ3n) is 0.655. The minimum atomic E-state index is -0.148. The van der Waals surface area contributed by atoms with Crippen molar-refractivity contribution in [3.05, 3.63) is 0 Å². The van der Waals surface area contributed by atoms with Crippen LogP contribution in [-0.4, -0.2) is 22.1 Å². The van der Waals surface area contributed by atoms with Gasteiger partial charge in [-0.05, 0) is 6.82 Å². The second kappa shape index (κ2) is 5.26. The van der Waals surface area contributed by atoms with Crippen LogP contribution < -0.4 is 0 Å². The average molecular weight is 110 g/mol. The largest absolute Gasteiger partial charge is 0.480 e. The lowest BCUT2D eigenvalue weighted by atomic mass is 9.86. The first kappa shape index (κ1) is 8.11. The van der Waals surface area contributed by atoms with Crippen LogP contribution in [0.25, 0.3) is 0 Å². The van der Waals surface area contributed by atoms with Crippen molar-refractivity contribution in [2.24, 2.45) is 0 Å². The molecule has 0 spiro atoms. The Morgan fingerprint density at radius 1 is 1.12 bits per heavy atom. The van der Waals surface area contributed by atoms with Gasteiger partial charge in [0.25, 0.3) is 15.0 Å². The lowest BCUT2D eigenvalue weighted by Crippen LogP contribution is -2.20. The predicted octanol–water partition coefficient (Wildman–Crippen LogP) is 0.472. The van der Waals surface area contributed by atoms with E-state index in [0.717, 1.165) is 0 Å². The number of hydrogen-bond donors (Lipinski definition) is 0. The highest BCUT2D eigenvalue weighted by atomic mass is 16.5. The lowest BCUT2D eigenvalue weighted by molar-refractivity contribution is 0.466. The van der Waals surface area contributed by atoms with Gasteiger partial charge in [-0.1, -0.05) is 13.6 Å². The minimum absolute atomic E-state index is 0.148. The predicted molar refractivity (Wildman–Crippen MR) is 37.0 cm³/mol. The van der Waals surface area contributed by atoms with Crippen molar-refractivity contribution in [1.82, 2.24) is 0 Å². The van der Waals surface area contributed by atoms with Gasteiger partial charge in [0.2, 0.25) is 0 Å². The summed E-state index contributed by atoms with van der Waals surface area (Å²) < 4.78 is 9.81. The van der Waals surface area contributed by atoms with E-state index in [4.69, 9.17) is 9.14 Å². The summed E-state index contributed by atoms with van der Waals surface area (Å²) in [6.07, 6.45) is 0. The van der Waals surface area contributed by atoms with E-state index in [1.54, 1.807) is 15.0 Å². The van der Waals surface area contributed by atoms with E-state index in [-0.39, 0.29) is 7.12 Å². The number of hydrogen-bond acceptors (Lipinski definition) is 2. The lowest BCUT2D eigenvalue weighted by Gasteiger charge is -2.04. The van der Waals surface area contributed by atoms with Crippen LogP contribution in [-0.2, 0) is 9.14 Å². The van der Waals surface area contributed by atoms with Gasteiger partial charge in [-0.3, -0.25) is 0 Å². The Bertz CT molecular complexity index is 45.8. The van der Waals surface area contributed by atoms with E-state index in [1.165, 1.54) is 0 Å². The molecule has 2 radical (unpaired) electrons. The zero-order chi connectivity index (χ0) is 6.41. The highest BCUT2D eigenvalue weighted by Crippen LogP contribution is 1.83. The average Bonchev–Trinajstić information content (AvgIpc) is 1.68. The van der Waals surface area contributed by atoms with Crippen LogP contribution in [0.5, 0.6) is 0 Å². The first-order valence-corrected chi connectivity index (χ1v) is 2.67. The molecule has 0 N–H and O–H groups in total. The van der Waals surface area contributed by atoms with Gasteiger partial charge in [0.1, 0.15) is 0 Å². The van der Waals surface area contributed by atoms with Crippen LogP contribution in [0.1, 0.15) is 0 Å². The second-order valence-electron chi connectivity index (χ2n) is 1.31. The topological polar surface area (TPSA) is 18.5 Å². The van der Waals surface area contributed by atoms with Crippen LogP contribution in [0.2, 0.25) is 20.5 Å². The molecule has 5 heteroatoms. The van der Waals surface area contributed by atoms with Crippen molar-refractivity contribution in [2.45, 2.75) is 20.5 Å². The highest BCUT2D eigenvalue weighted by Gasteiger charge is 2.05. The molecule has 0 aromatic heterocycles. The quantitative estimate of drug-likeness (QED) is 0.489. The van der Waals surface area contributed by atoms with Crippen LogP contribution in [0.3, 0.4) is 0 Å². The van der Waals surface area contributed by atoms with Gasteiger partial charge in [-0.25, -0.2) is 0 Å². The Morgan fingerprint density at radius 3 is 1.75 bits per heavy atom. The maximum Gasteiger partial charge on any atom is 0.422 e. The standard InChI is InChI=1S/C3H9B3O2/c1-4-7-6(3)8-5-2/h1-3H3. The summed E-state index contributed by atoms with van der Waals surface area (Å²) in [5.74, 6) is 0. The molecular weight excluding hydrogens is 100 g/mol. The fourth-order valence-corrected chi connectivity index (χ4v) is 0.415. The molecule has 0 aliphatic carbocycles.